The first-order chi connectivity index (χ1) is 14.7. The van der Waals surface area contributed by atoms with E-state index in [1.54, 1.807) is 7.11 Å². The number of piperazine rings is 1. The Balaban J connectivity index is 1.33. The van der Waals surface area contributed by atoms with Crippen molar-refractivity contribution >= 4 is 17.5 Å². The fraction of sp³-hybridized carbons (Fsp3) is 0.667. The zero-order chi connectivity index (χ0) is 20.9. The molecule has 0 bridgehead atoms. The Kier molecular flexibility index (Phi) is 6.80. The van der Waals surface area contributed by atoms with E-state index in [0.717, 1.165) is 50.5 Å². The molecule has 30 heavy (non-hydrogen) atoms. The van der Waals surface area contributed by atoms with E-state index in [1.165, 1.54) is 25.7 Å². The zero-order valence-corrected chi connectivity index (χ0v) is 18.2. The molecular formula is C24H35N3O3. The lowest BCUT2D eigenvalue weighted by atomic mass is 9.93. The number of carbonyl (C=O) groups excluding carboxylic acids is 2. The molecule has 0 aromatic heterocycles. The fourth-order valence-electron chi connectivity index (χ4n) is 5.25. The molecule has 2 saturated heterocycles. The summed E-state index contributed by atoms with van der Waals surface area (Å²) in [5, 5.41) is 0. The Morgan fingerprint density at radius 1 is 1.00 bits per heavy atom. The molecule has 0 spiro atoms. The van der Waals surface area contributed by atoms with E-state index in [0.29, 0.717) is 25.4 Å². The molecular weight excluding hydrogens is 378 g/mol. The molecule has 3 fully saturated rings. The highest BCUT2D eigenvalue weighted by Crippen LogP contribution is 2.29. The molecule has 1 aromatic rings. The molecule has 1 atom stereocenters. The summed E-state index contributed by atoms with van der Waals surface area (Å²) in [6.07, 6.45) is 8.40. The van der Waals surface area contributed by atoms with Gasteiger partial charge in [0.25, 0.3) is 0 Å². The maximum atomic E-state index is 13.2. The van der Waals surface area contributed by atoms with Crippen LogP contribution in [-0.2, 0) is 9.59 Å². The number of benzene rings is 1. The van der Waals surface area contributed by atoms with Crippen molar-refractivity contribution in [1.29, 1.82) is 0 Å². The minimum Gasteiger partial charge on any atom is -0.497 e. The molecule has 0 radical (unpaired) electrons. The molecule has 1 aliphatic carbocycles. The van der Waals surface area contributed by atoms with Gasteiger partial charge < -0.3 is 19.4 Å². The smallest absolute Gasteiger partial charge is 0.227 e. The van der Waals surface area contributed by atoms with Crippen LogP contribution in [0.15, 0.2) is 24.3 Å². The van der Waals surface area contributed by atoms with Gasteiger partial charge in [0, 0.05) is 56.9 Å². The van der Waals surface area contributed by atoms with Crippen molar-refractivity contribution in [2.24, 2.45) is 5.92 Å². The van der Waals surface area contributed by atoms with Crippen LogP contribution in [0.1, 0.15) is 51.4 Å². The number of hydrogen-bond donors (Lipinski definition) is 0. The van der Waals surface area contributed by atoms with Crippen molar-refractivity contribution in [1.82, 2.24) is 9.80 Å². The predicted octanol–water partition coefficient (Wildman–Crippen LogP) is 3.31. The summed E-state index contributed by atoms with van der Waals surface area (Å²) >= 11 is 0. The Hall–Kier alpha value is -2.24. The predicted molar refractivity (Wildman–Crippen MR) is 118 cm³/mol. The Morgan fingerprint density at radius 3 is 2.43 bits per heavy atom. The number of nitrogens with zero attached hydrogens (tertiary/aromatic N) is 3. The van der Waals surface area contributed by atoms with Gasteiger partial charge in [-0.15, -0.1) is 0 Å². The third-order valence-corrected chi connectivity index (χ3v) is 7.07. The maximum Gasteiger partial charge on any atom is 0.227 e. The van der Waals surface area contributed by atoms with Gasteiger partial charge in [-0.3, -0.25) is 9.59 Å². The van der Waals surface area contributed by atoms with Gasteiger partial charge in [-0.1, -0.05) is 31.7 Å². The molecule has 164 valence electrons. The van der Waals surface area contributed by atoms with E-state index in [4.69, 9.17) is 4.74 Å². The highest BCUT2D eigenvalue weighted by atomic mass is 16.5. The first-order valence-corrected chi connectivity index (χ1v) is 11.6. The van der Waals surface area contributed by atoms with Crippen LogP contribution >= 0.6 is 0 Å². The molecule has 3 aliphatic rings. The summed E-state index contributed by atoms with van der Waals surface area (Å²) < 4.78 is 5.34. The minimum absolute atomic E-state index is 0.0330. The van der Waals surface area contributed by atoms with Crippen LogP contribution in [0, 0.1) is 5.92 Å². The number of amides is 2. The summed E-state index contributed by atoms with van der Waals surface area (Å²) in [4.78, 5) is 32.2. The SMILES string of the molecule is COc1cccc(N2CCN(C(=O)[C@H]3CCC(=O)N(C4CCCCCC4)C3)CC2)c1. The van der Waals surface area contributed by atoms with E-state index in [2.05, 4.69) is 21.9 Å². The van der Waals surface area contributed by atoms with Crippen LogP contribution in [0.4, 0.5) is 5.69 Å². The number of carbonyl (C=O) groups is 2. The number of ether oxygens (including phenoxy) is 1. The van der Waals surface area contributed by atoms with Gasteiger partial charge in [0.1, 0.15) is 5.75 Å². The van der Waals surface area contributed by atoms with E-state index in [1.807, 2.05) is 17.0 Å². The summed E-state index contributed by atoms with van der Waals surface area (Å²) in [7, 11) is 1.68. The first kappa shape index (κ1) is 21.0. The lowest BCUT2D eigenvalue weighted by Gasteiger charge is -2.41. The van der Waals surface area contributed by atoms with Gasteiger partial charge in [-0.2, -0.15) is 0 Å². The average Bonchev–Trinajstić information content (AvgIpc) is 3.08. The molecule has 6 heteroatoms. The largest absolute Gasteiger partial charge is 0.497 e. The monoisotopic (exact) mass is 413 g/mol. The number of piperidine rings is 1. The second-order valence-electron chi connectivity index (χ2n) is 8.94. The van der Waals surface area contributed by atoms with Crippen LogP contribution in [0.25, 0.3) is 0 Å². The van der Waals surface area contributed by atoms with Crippen molar-refractivity contribution in [3.05, 3.63) is 24.3 Å². The molecule has 0 N–H and O–H groups in total. The fourth-order valence-corrected chi connectivity index (χ4v) is 5.25. The van der Waals surface area contributed by atoms with Crippen molar-refractivity contribution in [3.63, 3.8) is 0 Å². The maximum absolute atomic E-state index is 13.2. The minimum atomic E-state index is -0.0330. The van der Waals surface area contributed by atoms with Crippen molar-refractivity contribution in [2.45, 2.75) is 57.4 Å². The second kappa shape index (κ2) is 9.71. The molecule has 6 nitrogen and oxygen atoms in total. The number of anilines is 1. The van der Waals surface area contributed by atoms with E-state index < -0.39 is 0 Å². The lowest BCUT2D eigenvalue weighted by Crippen LogP contribution is -2.54. The summed E-state index contributed by atoms with van der Waals surface area (Å²) in [6, 6.07) is 8.45. The van der Waals surface area contributed by atoms with Gasteiger partial charge in [-0.05, 0) is 31.4 Å². The van der Waals surface area contributed by atoms with E-state index >= 15 is 0 Å². The summed E-state index contributed by atoms with van der Waals surface area (Å²) in [5.74, 6) is 1.33. The average molecular weight is 414 g/mol. The first-order valence-electron chi connectivity index (χ1n) is 11.6. The van der Waals surface area contributed by atoms with E-state index in [9.17, 15) is 9.59 Å². The molecule has 1 aromatic carbocycles. The third-order valence-electron chi connectivity index (χ3n) is 7.07. The van der Waals surface area contributed by atoms with Gasteiger partial charge >= 0.3 is 0 Å². The number of likely N-dealkylation sites (tertiary alicyclic amines) is 1. The summed E-state index contributed by atoms with van der Waals surface area (Å²) in [5.41, 5.74) is 1.14. The molecule has 2 amide bonds. The molecule has 0 unspecified atom stereocenters. The second-order valence-corrected chi connectivity index (χ2v) is 8.94. The quantitative estimate of drug-likeness (QED) is 0.711. The normalized spacial score (nSPS) is 24.0. The number of methoxy groups -OCH3 is 1. The zero-order valence-electron chi connectivity index (χ0n) is 18.2. The Bertz CT molecular complexity index is 737. The van der Waals surface area contributed by atoms with E-state index in [-0.39, 0.29) is 17.7 Å². The number of hydrogen-bond acceptors (Lipinski definition) is 4. The van der Waals surface area contributed by atoms with Crippen LogP contribution in [0.2, 0.25) is 0 Å². The van der Waals surface area contributed by atoms with Crippen molar-refractivity contribution in [2.75, 3.05) is 44.7 Å². The van der Waals surface area contributed by atoms with Crippen molar-refractivity contribution in [3.8, 4) is 5.75 Å². The van der Waals surface area contributed by atoms with Crippen LogP contribution in [0.3, 0.4) is 0 Å². The molecule has 1 saturated carbocycles. The summed E-state index contributed by atoms with van der Waals surface area (Å²) in [6.45, 7) is 3.76. The Morgan fingerprint density at radius 2 is 1.73 bits per heavy atom. The van der Waals surface area contributed by atoms with Gasteiger partial charge in [0.05, 0.1) is 13.0 Å². The highest BCUT2D eigenvalue weighted by molar-refractivity contribution is 5.84. The topological polar surface area (TPSA) is 53.1 Å². The lowest BCUT2D eigenvalue weighted by molar-refractivity contribution is -0.145. The molecule has 2 aliphatic heterocycles. The van der Waals surface area contributed by atoms with Crippen LogP contribution < -0.4 is 9.64 Å². The van der Waals surface area contributed by atoms with Crippen molar-refractivity contribution < 1.29 is 14.3 Å². The third kappa shape index (κ3) is 4.73. The molecule has 2 heterocycles. The number of rotatable bonds is 4. The van der Waals surface area contributed by atoms with Gasteiger partial charge in [0.15, 0.2) is 0 Å². The standard InChI is InChI=1S/C24H35N3O3/c1-30-22-10-6-9-21(17-22)25-13-15-26(16-14-25)24(29)19-11-12-23(28)27(18-19)20-7-4-2-3-5-8-20/h6,9-10,17,19-20H,2-5,7-8,11-16,18H2,1H3/t19-/m0/s1. The highest BCUT2D eigenvalue weighted by Gasteiger charge is 2.36. The molecule has 4 rings (SSSR count). The Labute approximate surface area is 180 Å². The van der Waals surface area contributed by atoms with Gasteiger partial charge in [-0.25, -0.2) is 0 Å². The van der Waals surface area contributed by atoms with Crippen LogP contribution in [0.5, 0.6) is 5.75 Å². The van der Waals surface area contributed by atoms with Crippen LogP contribution in [-0.4, -0.2) is 67.5 Å². The van der Waals surface area contributed by atoms with Gasteiger partial charge in [0.2, 0.25) is 11.8 Å².